The summed E-state index contributed by atoms with van der Waals surface area (Å²) in [7, 11) is 0. The van der Waals surface area contributed by atoms with Gasteiger partial charge in [0.1, 0.15) is 0 Å². The van der Waals surface area contributed by atoms with Crippen molar-refractivity contribution in [2.45, 2.75) is 17.2 Å². The molecule has 0 bridgehead atoms. The quantitative estimate of drug-likeness (QED) is 0.635. The van der Waals surface area contributed by atoms with Gasteiger partial charge in [-0.1, -0.05) is 60.7 Å². The molecule has 3 rings (SSSR count). The fourth-order valence-corrected chi connectivity index (χ4v) is 3.44. The molecule has 0 spiro atoms. The Morgan fingerprint density at radius 2 is 1.45 bits per heavy atom. The maximum absolute atomic E-state index is 4.80. The Morgan fingerprint density at radius 1 is 0.864 bits per heavy atom. The topological polar surface area (TPSA) is 6.25 Å². The van der Waals surface area contributed by atoms with E-state index in [2.05, 4.69) is 64.3 Å². The third-order valence-electron chi connectivity index (χ3n) is 3.95. The average molecular weight is 330 g/mol. The van der Waals surface area contributed by atoms with Crippen molar-refractivity contribution in [2.24, 2.45) is 0 Å². The summed E-state index contributed by atoms with van der Waals surface area (Å²) in [6.45, 7) is 2.05. The van der Waals surface area contributed by atoms with Crippen LogP contribution in [0.3, 0.4) is 0 Å². The van der Waals surface area contributed by atoms with Gasteiger partial charge in [-0.2, -0.15) is 0 Å². The number of hydrogen-bond donors (Lipinski definition) is 2. The van der Waals surface area contributed by atoms with Crippen LogP contribution >= 0.6 is 25.3 Å². The largest absolute Gasteiger partial charge is 0.252 e. The second kappa shape index (κ2) is 7.25. The molecule has 0 saturated carbocycles. The molecule has 2 unspecified atom stereocenters. The Morgan fingerprint density at radius 3 is 2.09 bits per heavy atom. The number of rotatable bonds is 4. The van der Waals surface area contributed by atoms with Crippen LogP contribution in [-0.4, -0.2) is 28.9 Å². The molecule has 2 aromatic rings. The van der Waals surface area contributed by atoms with Crippen molar-refractivity contribution in [1.82, 2.24) is 4.90 Å². The lowest BCUT2D eigenvalue weighted by Crippen LogP contribution is -2.37. The molecule has 1 aliphatic rings. The lowest BCUT2D eigenvalue weighted by atomic mass is 10.2. The number of benzene rings is 2. The maximum atomic E-state index is 4.80. The van der Waals surface area contributed by atoms with Crippen LogP contribution < -0.4 is 0 Å². The average Bonchev–Trinajstić information content (AvgIpc) is 2.62. The van der Waals surface area contributed by atoms with Gasteiger partial charge < -0.3 is 0 Å². The molecule has 22 heavy (non-hydrogen) atoms. The van der Waals surface area contributed by atoms with Crippen LogP contribution in [0.1, 0.15) is 28.3 Å². The third-order valence-corrected chi connectivity index (χ3v) is 5.14. The Balaban J connectivity index is 1.80. The smallest absolute Gasteiger partial charge is 0.236 e. The number of thiol groups is 2. The molecule has 0 aliphatic carbocycles. The van der Waals surface area contributed by atoms with E-state index in [-0.39, 0.29) is 10.7 Å². The summed E-state index contributed by atoms with van der Waals surface area (Å²) in [6.07, 6.45) is 3.29. The Hall–Kier alpha value is -1.39. The van der Waals surface area contributed by atoms with Gasteiger partial charge in [0.15, 0.2) is 10.7 Å². The zero-order valence-corrected chi connectivity index (χ0v) is 14.2. The van der Waals surface area contributed by atoms with Gasteiger partial charge >= 0.3 is 0 Å². The van der Waals surface area contributed by atoms with E-state index in [1.807, 2.05) is 12.1 Å². The minimum absolute atomic E-state index is 0.0836. The summed E-state index contributed by atoms with van der Waals surface area (Å²) in [5.74, 6) is 0. The van der Waals surface area contributed by atoms with Gasteiger partial charge in [0.25, 0.3) is 0 Å². The van der Waals surface area contributed by atoms with Crippen molar-refractivity contribution >= 4 is 31.6 Å². The highest BCUT2D eigenvalue weighted by atomic mass is 32.1. The van der Waals surface area contributed by atoms with E-state index in [0.717, 1.165) is 19.5 Å². The van der Waals surface area contributed by atoms with E-state index in [1.165, 1.54) is 11.1 Å². The Kier molecular flexibility index (Phi) is 5.11. The van der Waals surface area contributed by atoms with E-state index in [9.17, 15) is 0 Å². The highest BCUT2D eigenvalue weighted by molar-refractivity contribution is 7.80. The van der Waals surface area contributed by atoms with Crippen LogP contribution in [0.25, 0.3) is 0 Å². The van der Waals surface area contributed by atoms with E-state index in [0.29, 0.717) is 0 Å². The summed E-state index contributed by atoms with van der Waals surface area (Å²) in [4.78, 5) is 2.29. The van der Waals surface area contributed by atoms with E-state index in [1.54, 1.807) is 0 Å². The van der Waals surface area contributed by atoms with Crippen LogP contribution in [-0.2, 0) is 0 Å². The zero-order valence-electron chi connectivity index (χ0n) is 12.4. The van der Waals surface area contributed by atoms with Gasteiger partial charge in [-0.3, -0.25) is 9.48 Å². The minimum Gasteiger partial charge on any atom is -0.252 e. The highest BCUT2D eigenvalue weighted by Crippen LogP contribution is 2.27. The first-order valence-corrected chi connectivity index (χ1v) is 8.61. The van der Waals surface area contributed by atoms with Gasteiger partial charge in [0.05, 0.1) is 13.1 Å². The molecule has 0 aromatic heterocycles. The SMILES string of the molecule is SC(c1ccccc1)N1C=[N+](C(S)c2ccccc2)CCC1. The minimum atomic E-state index is 0.0836. The standard InChI is InChI=1S/C18H20N2S2/c21-17(15-8-3-1-4-9-15)19-12-7-13-20(14-19)18(22)16-10-5-2-6-11-16/h1-6,8-11,14,17-18H,7,12-13H2,(H-,21,22)/p+1. The molecule has 4 heteroatoms. The molecule has 2 aromatic carbocycles. The number of hydrogen-bond acceptors (Lipinski definition) is 3. The highest BCUT2D eigenvalue weighted by Gasteiger charge is 2.26. The van der Waals surface area contributed by atoms with Crippen LogP contribution in [0.4, 0.5) is 0 Å². The molecule has 0 radical (unpaired) electrons. The summed E-state index contributed by atoms with van der Waals surface area (Å²) in [5.41, 5.74) is 2.44. The molecule has 2 atom stereocenters. The van der Waals surface area contributed by atoms with Gasteiger partial charge in [-0.25, -0.2) is 0 Å². The summed E-state index contributed by atoms with van der Waals surface area (Å²) >= 11 is 9.60. The Bertz CT molecular complexity index is 628. The van der Waals surface area contributed by atoms with Gasteiger partial charge in [0, 0.05) is 17.5 Å². The van der Waals surface area contributed by atoms with Crippen molar-refractivity contribution in [3.63, 3.8) is 0 Å². The van der Waals surface area contributed by atoms with Gasteiger partial charge in [-0.15, -0.1) is 25.3 Å². The summed E-state index contributed by atoms with van der Waals surface area (Å²) in [5, 5.41) is 0.167. The molecule has 0 amide bonds. The molecule has 0 saturated heterocycles. The summed E-state index contributed by atoms with van der Waals surface area (Å²) in [6, 6.07) is 20.8. The fraction of sp³-hybridized carbons (Fsp3) is 0.278. The van der Waals surface area contributed by atoms with Crippen LogP contribution in [0, 0.1) is 0 Å². The molecular weight excluding hydrogens is 308 g/mol. The number of nitrogens with zero attached hydrogens (tertiary/aromatic N) is 2. The predicted octanol–water partition coefficient (Wildman–Crippen LogP) is 3.99. The second-order valence-electron chi connectivity index (χ2n) is 5.51. The summed E-state index contributed by atoms with van der Waals surface area (Å²) < 4.78 is 2.29. The molecule has 1 heterocycles. The zero-order chi connectivity index (χ0) is 15.4. The van der Waals surface area contributed by atoms with Crippen LogP contribution in [0.15, 0.2) is 60.7 Å². The van der Waals surface area contributed by atoms with Crippen LogP contribution in [0.2, 0.25) is 0 Å². The van der Waals surface area contributed by atoms with E-state index in [4.69, 9.17) is 25.3 Å². The maximum Gasteiger partial charge on any atom is 0.236 e. The Labute approximate surface area is 143 Å². The van der Waals surface area contributed by atoms with E-state index < -0.39 is 0 Å². The van der Waals surface area contributed by atoms with E-state index >= 15 is 0 Å². The molecular formula is C18H21N2S2+. The van der Waals surface area contributed by atoms with Crippen molar-refractivity contribution in [3.8, 4) is 0 Å². The molecule has 0 N–H and O–H groups in total. The fourth-order valence-electron chi connectivity index (χ4n) is 2.75. The van der Waals surface area contributed by atoms with Gasteiger partial charge in [-0.05, 0) is 0 Å². The molecule has 114 valence electrons. The first-order valence-electron chi connectivity index (χ1n) is 7.58. The molecule has 2 nitrogen and oxygen atoms in total. The van der Waals surface area contributed by atoms with Crippen molar-refractivity contribution in [3.05, 3.63) is 71.8 Å². The normalized spacial score (nSPS) is 17.7. The first-order chi connectivity index (χ1) is 10.8. The lowest BCUT2D eigenvalue weighted by Gasteiger charge is -2.27. The molecule has 0 fully saturated rings. The first kappa shape index (κ1) is 15.5. The monoisotopic (exact) mass is 329 g/mol. The van der Waals surface area contributed by atoms with Crippen molar-refractivity contribution < 1.29 is 4.58 Å². The van der Waals surface area contributed by atoms with Crippen molar-refractivity contribution in [2.75, 3.05) is 13.1 Å². The van der Waals surface area contributed by atoms with Crippen molar-refractivity contribution in [1.29, 1.82) is 0 Å². The van der Waals surface area contributed by atoms with Gasteiger partial charge in [0.2, 0.25) is 6.34 Å². The third kappa shape index (κ3) is 3.50. The van der Waals surface area contributed by atoms with Crippen LogP contribution in [0.5, 0.6) is 0 Å². The predicted molar refractivity (Wildman–Crippen MR) is 98.9 cm³/mol. The lowest BCUT2D eigenvalue weighted by molar-refractivity contribution is -0.552. The molecule has 1 aliphatic heterocycles. The second-order valence-corrected chi connectivity index (χ2v) is 6.49.